The maximum Gasteiger partial charge on any atom is 0.119 e. The van der Waals surface area contributed by atoms with Crippen molar-refractivity contribution in [2.24, 2.45) is 46.3 Å². The summed E-state index contributed by atoms with van der Waals surface area (Å²) in [5.41, 5.74) is 2.39. The number of rotatable bonds is 2. The van der Waals surface area contributed by atoms with Crippen LogP contribution in [0, 0.1) is 53.3 Å². The molecule has 0 N–H and O–H groups in total. The van der Waals surface area contributed by atoms with Gasteiger partial charge < -0.3 is 4.74 Å². The molecular weight excluding hydrogens is 352 g/mol. The second-order valence-electron chi connectivity index (χ2n) is 12.0. The minimum Gasteiger partial charge on any atom is -0.490 e. The van der Waals surface area contributed by atoms with Crippen LogP contribution in [0.15, 0.2) is 24.3 Å². The Labute approximate surface area is 179 Å². The van der Waals surface area contributed by atoms with E-state index in [4.69, 9.17) is 4.74 Å². The number of fused-ring (bicyclic) bond motifs is 5. The predicted octanol–water partition coefficient (Wildman–Crippen LogP) is 7.67. The van der Waals surface area contributed by atoms with Gasteiger partial charge in [-0.3, -0.25) is 0 Å². The third-order valence-electron chi connectivity index (χ3n) is 10.5. The smallest absolute Gasteiger partial charge is 0.119 e. The summed E-state index contributed by atoms with van der Waals surface area (Å²) in [6, 6.07) is 8.84. The lowest BCUT2D eigenvalue weighted by atomic mass is 9.41. The first-order valence-corrected chi connectivity index (χ1v) is 12.6. The van der Waals surface area contributed by atoms with Crippen molar-refractivity contribution in [1.29, 1.82) is 0 Å². The zero-order valence-corrected chi connectivity index (χ0v) is 19.4. The van der Waals surface area contributed by atoms with E-state index in [1.807, 2.05) is 0 Å². The second kappa shape index (κ2) is 7.03. The number of ether oxygens (including phenoxy) is 1. The molecule has 1 aromatic rings. The largest absolute Gasteiger partial charge is 0.490 e. The summed E-state index contributed by atoms with van der Waals surface area (Å²) >= 11 is 0. The van der Waals surface area contributed by atoms with E-state index in [-0.39, 0.29) is 0 Å². The molecule has 0 saturated heterocycles. The highest BCUT2D eigenvalue weighted by atomic mass is 16.5. The summed E-state index contributed by atoms with van der Waals surface area (Å²) in [6.07, 6.45) is 11.9. The van der Waals surface area contributed by atoms with Crippen molar-refractivity contribution in [2.75, 3.05) is 0 Å². The van der Waals surface area contributed by atoms with Gasteiger partial charge in [0.2, 0.25) is 0 Å². The van der Waals surface area contributed by atoms with Crippen molar-refractivity contribution in [3.63, 3.8) is 0 Å². The van der Waals surface area contributed by atoms with E-state index in [0.29, 0.717) is 28.8 Å². The number of benzene rings is 1. The molecule has 4 aliphatic rings. The highest BCUT2D eigenvalue weighted by molar-refractivity contribution is 5.27. The van der Waals surface area contributed by atoms with Crippen LogP contribution in [0.2, 0.25) is 0 Å². The first-order chi connectivity index (χ1) is 13.8. The minimum atomic E-state index is 0.377. The van der Waals surface area contributed by atoms with Gasteiger partial charge >= 0.3 is 0 Å². The van der Waals surface area contributed by atoms with Gasteiger partial charge in [0, 0.05) is 5.92 Å². The van der Waals surface area contributed by atoms with Crippen LogP contribution in [0.5, 0.6) is 5.75 Å². The van der Waals surface area contributed by atoms with Crippen LogP contribution < -0.4 is 4.74 Å². The molecule has 0 aliphatic heterocycles. The highest BCUT2D eigenvalue weighted by Crippen LogP contribution is 2.68. The quantitative estimate of drug-likeness (QED) is 0.500. The van der Waals surface area contributed by atoms with E-state index in [1.54, 1.807) is 0 Å². The second-order valence-corrected chi connectivity index (χ2v) is 12.0. The van der Waals surface area contributed by atoms with E-state index < -0.39 is 0 Å². The van der Waals surface area contributed by atoms with Crippen molar-refractivity contribution in [2.45, 2.75) is 92.1 Å². The van der Waals surface area contributed by atoms with Gasteiger partial charge in [-0.15, -0.1) is 0 Å². The number of hydrogen-bond donors (Lipinski definition) is 0. The van der Waals surface area contributed by atoms with Crippen LogP contribution >= 0.6 is 0 Å². The molecule has 4 fully saturated rings. The van der Waals surface area contributed by atoms with Crippen molar-refractivity contribution in [3.05, 3.63) is 29.8 Å². The summed E-state index contributed by atoms with van der Waals surface area (Å²) in [4.78, 5) is 0. The fourth-order valence-corrected chi connectivity index (χ4v) is 9.12. The first kappa shape index (κ1) is 20.0. The summed E-state index contributed by atoms with van der Waals surface area (Å²) in [6.45, 7) is 12.6. The molecule has 0 aromatic heterocycles. The van der Waals surface area contributed by atoms with Gasteiger partial charge in [0.25, 0.3) is 0 Å². The molecule has 0 radical (unpaired) electrons. The normalized spacial score (nSPS) is 49.1. The Balaban J connectivity index is 1.54. The summed E-state index contributed by atoms with van der Waals surface area (Å²) < 4.78 is 6.96. The van der Waals surface area contributed by atoms with Crippen molar-refractivity contribution in [1.82, 2.24) is 0 Å². The van der Waals surface area contributed by atoms with Crippen LogP contribution in [-0.2, 0) is 0 Å². The van der Waals surface area contributed by atoms with Crippen LogP contribution in [0.25, 0.3) is 0 Å². The van der Waals surface area contributed by atoms with Gasteiger partial charge in [0.05, 0.1) is 0 Å². The summed E-state index contributed by atoms with van der Waals surface area (Å²) in [5, 5.41) is 0. The standard InChI is InChI=1S/C28H42O/c1-18-10-12-21(13-11-18)29-26-20(3)24-22-9-7-15-27(22,4)17-14-23(24)28(5)16-6-8-19(2)25(26)28/h10-13,19-20,22-26H,6-9,14-17H2,1-5H3/t19?,20-,22+,23+,24+,25-,26-,27+,28-/m1/s1. The zero-order chi connectivity index (χ0) is 20.4. The van der Waals surface area contributed by atoms with Crippen LogP contribution in [0.1, 0.15) is 84.6 Å². The Morgan fingerprint density at radius 3 is 2.34 bits per heavy atom. The molecule has 1 nitrogen and oxygen atoms in total. The lowest BCUT2D eigenvalue weighted by Gasteiger charge is -2.65. The molecule has 9 atom stereocenters. The predicted molar refractivity (Wildman–Crippen MR) is 121 cm³/mol. The van der Waals surface area contributed by atoms with Gasteiger partial charge in [-0.05, 0) is 91.6 Å². The van der Waals surface area contributed by atoms with Crippen LogP contribution in [0.3, 0.4) is 0 Å². The molecule has 4 aliphatic carbocycles. The van der Waals surface area contributed by atoms with Gasteiger partial charge in [-0.25, -0.2) is 0 Å². The average Bonchev–Trinajstić information content (AvgIpc) is 3.08. The fourth-order valence-electron chi connectivity index (χ4n) is 9.12. The molecule has 0 spiro atoms. The monoisotopic (exact) mass is 394 g/mol. The third kappa shape index (κ3) is 3.01. The van der Waals surface area contributed by atoms with Gasteiger partial charge in [-0.1, -0.05) is 64.7 Å². The molecule has 1 unspecified atom stereocenters. The average molecular weight is 395 g/mol. The van der Waals surface area contributed by atoms with E-state index in [1.165, 1.54) is 56.9 Å². The Kier molecular flexibility index (Phi) is 4.84. The maximum absolute atomic E-state index is 6.96. The van der Waals surface area contributed by atoms with Gasteiger partial charge in [-0.2, -0.15) is 0 Å². The molecular formula is C28H42O. The maximum atomic E-state index is 6.96. The van der Waals surface area contributed by atoms with Crippen LogP contribution in [-0.4, -0.2) is 6.10 Å². The molecule has 4 saturated carbocycles. The third-order valence-corrected chi connectivity index (χ3v) is 10.5. The van der Waals surface area contributed by atoms with E-state index in [2.05, 4.69) is 58.9 Å². The van der Waals surface area contributed by atoms with Crippen molar-refractivity contribution in [3.8, 4) is 5.75 Å². The molecule has 0 bridgehead atoms. The molecule has 0 amide bonds. The van der Waals surface area contributed by atoms with E-state index in [0.717, 1.165) is 29.4 Å². The molecule has 5 rings (SSSR count). The molecule has 160 valence electrons. The first-order valence-electron chi connectivity index (χ1n) is 12.6. The van der Waals surface area contributed by atoms with Crippen LogP contribution in [0.4, 0.5) is 0 Å². The molecule has 1 heteroatoms. The molecule has 29 heavy (non-hydrogen) atoms. The Hall–Kier alpha value is -0.980. The lowest BCUT2D eigenvalue weighted by Crippen LogP contribution is -2.63. The van der Waals surface area contributed by atoms with Gasteiger partial charge in [0.1, 0.15) is 11.9 Å². The lowest BCUT2D eigenvalue weighted by molar-refractivity contribution is -0.189. The van der Waals surface area contributed by atoms with E-state index in [9.17, 15) is 0 Å². The summed E-state index contributed by atoms with van der Waals surface area (Å²) in [5.74, 6) is 5.95. The number of hydrogen-bond acceptors (Lipinski definition) is 1. The molecule has 1 aromatic carbocycles. The molecule has 0 heterocycles. The van der Waals surface area contributed by atoms with E-state index >= 15 is 0 Å². The fraction of sp³-hybridized carbons (Fsp3) is 0.786. The van der Waals surface area contributed by atoms with Gasteiger partial charge in [0.15, 0.2) is 0 Å². The highest BCUT2D eigenvalue weighted by Gasteiger charge is 2.63. The Morgan fingerprint density at radius 2 is 1.59 bits per heavy atom. The minimum absolute atomic E-state index is 0.377. The topological polar surface area (TPSA) is 9.23 Å². The SMILES string of the molecule is Cc1ccc(O[C@@H]2[C@H](C)[C@H]3[C@@H]4CCC[C@@]4(C)CC[C@@H]3[C@@]3(C)CCCC(C)[C@H]23)cc1. The zero-order valence-electron chi connectivity index (χ0n) is 19.4. The van der Waals surface area contributed by atoms with Crippen molar-refractivity contribution >= 4 is 0 Å². The number of aryl methyl sites for hydroxylation is 1. The summed E-state index contributed by atoms with van der Waals surface area (Å²) in [7, 11) is 0. The Morgan fingerprint density at radius 1 is 0.862 bits per heavy atom. The van der Waals surface area contributed by atoms with Crippen molar-refractivity contribution < 1.29 is 4.74 Å². The Bertz CT molecular complexity index is 737.